The zero-order chi connectivity index (χ0) is 23.5. The molecule has 1 aliphatic heterocycles. The van der Waals surface area contributed by atoms with Crippen molar-refractivity contribution in [1.82, 2.24) is 0 Å². The SMILES string of the molecule is Cc1ccc(C(C)C)c(Oc2ccc(NC(=O)[C@H]3CC(=O)N(c4cccc(Cl)c4)C3)cc2)c1. The number of benzene rings is 3. The van der Waals surface area contributed by atoms with E-state index in [4.69, 9.17) is 16.3 Å². The van der Waals surface area contributed by atoms with Crippen LogP contribution in [0.1, 0.15) is 37.3 Å². The fourth-order valence-electron chi connectivity index (χ4n) is 3.96. The Morgan fingerprint density at radius 2 is 1.85 bits per heavy atom. The van der Waals surface area contributed by atoms with Crippen LogP contribution in [0.3, 0.4) is 0 Å². The number of hydrogen-bond acceptors (Lipinski definition) is 3. The van der Waals surface area contributed by atoms with Crippen LogP contribution in [0.25, 0.3) is 0 Å². The first-order valence-electron chi connectivity index (χ1n) is 11.1. The summed E-state index contributed by atoms with van der Waals surface area (Å²) < 4.78 is 6.12. The maximum atomic E-state index is 12.8. The van der Waals surface area contributed by atoms with Gasteiger partial charge in [0.15, 0.2) is 0 Å². The fourth-order valence-corrected chi connectivity index (χ4v) is 4.15. The number of carbonyl (C=O) groups is 2. The van der Waals surface area contributed by atoms with Crippen LogP contribution in [0.5, 0.6) is 11.5 Å². The highest BCUT2D eigenvalue weighted by atomic mass is 35.5. The summed E-state index contributed by atoms with van der Waals surface area (Å²) in [6.07, 6.45) is 0.172. The highest BCUT2D eigenvalue weighted by Crippen LogP contribution is 2.32. The third kappa shape index (κ3) is 5.37. The second kappa shape index (κ2) is 9.67. The molecule has 4 rings (SSSR count). The molecule has 0 aliphatic carbocycles. The molecule has 170 valence electrons. The maximum Gasteiger partial charge on any atom is 0.229 e. The zero-order valence-electron chi connectivity index (χ0n) is 19.0. The molecule has 0 saturated carbocycles. The van der Waals surface area contributed by atoms with Gasteiger partial charge in [0, 0.05) is 29.4 Å². The Labute approximate surface area is 199 Å². The zero-order valence-corrected chi connectivity index (χ0v) is 19.7. The molecule has 1 atom stereocenters. The summed E-state index contributed by atoms with van der Waals surface area (Å²) in [5, 5.41) is 3.48. The van der Waals surface area contributed by atoms with Crippen LogP contribution in [0, 0.1) is 12.8 Å². The van der Waals surface area contributed by atoms with Crippen LogP contribution >= 0.6 is 11.6 Å². The number of amides is 2. The van der Waals surface area contributed by atoms with E-state index in [1.807, 2.05) is 43.3 Å². The molecule has 1 N–H and O–H groups in total. The molecule has 1 fully saturated rings. The van der Waals surface area contributed by atoms with Crippen LogP contribution < -0.4 is 15.0 Å². The molecule has 3 aromatic carbocycles. The van der Waals surface area contributed by atoms with Gasteiger partial charge < -0.3 is 15.0 Å². The third-order valence-corrected chi connectivity index (χ3v) is 5.99. The number of halogens is 1. The van der Waals surface area contributed by atoms with E-state index in [0.717, 1.165) is 16.9 Å². The molecule has 1 heterocycles. The van der Waals surface area contributed by atoms with E-state index in [2.05, 4.69) is 31.3 Å². The molecular formula is C27H27ClN2O3. The summed E-state index contributed by atoms with van der Waals surface area (Å²) >= 11 is 6.05. The average molecular weight is 463 g/mol. The fraction of sp³-hybridized carbons (Fsp3) is 0.259. The summed E-state index contributed by atoms with van der Waals surface area (Å²) in [7, 11) is 0. The van der Waals surface area contributed by atoms with Crippen molar-refractivity contribution in [3.05, 3.63) is 82.9 Å². The van der Waals surface area contributed by atoms with E-state index in [9.17, 15) is 9.59 Å². The molecule has 33 heavy (non-hydrogen) atoms. The van der Waals surface area contributed by atoms with E-state index in [0.29, 0.717) is 34.6 Å². The lowest BCUT2D eigenvalue weighted by atomic mass is 10.0. The minimum absolute atomic E-state index is 0.0831. The second-order valence-corrected chi connectivity index (χ2v) is 9.13. The Hall–Kier alpha value is -3.31. The molecule has 6 heteroatoms. The predicted molar refractivity (Wildman–Crippen MR) is 132 cm³/mol. The molecule has 0 bridgehead atoms. The third-order valence-electron chi connectivity index (χ3n) is 5.76. The van der Waals surface area contributed by atoms with Gasteiger partial charge in [0.2, 0.25) is 11.8 Å². The number of carbonyl (C=O) groups excluding carboxylic acids is 2. The molecule has 0 spiro atoms. The Bertz CT molecular complexity index is 1170. The molecule has 5 nitrogen and oxygen atoms in total. The van der Waals surface area contributed by atoms with Crippen molar-refractivity contribution in [2.75, 3.05) is 16.8 Å². The van der Waals surface area contributed by atoms with Gasteiger partial charge in [-0.2, -0.15) is 0 Å². The van der Waals surface area contributed by atoms with Gasteiger partial charge in [0.1, 0.15) is 11.5 Å². The van der Waals surface area contributed by atoms with Gasteiger partial charge in [-0.25, -0.2) is 0 Å². The standard InChI is InChI=1S/C27H27ClN2O3/c1-17(2)24-12-7-18(3)13-25(24)33-23-10-8-21(9-11-23)29-27(32)19-14-26(31)30(16-19)22-6-4-5-20(28)15-22/h4-13,15,17,19H,14,16H2,1-3H3,(H,29,32)/t19-/m0/s1. The lowest BCUT2D eigenvalue weighted by Crippen LogP contribution is -2.28. The Kier molecular flexibility index (Phi) is 6.70. The number of hydrogen-bond donors (Lipinski definition) is 1. The predicted octanol–water partition coefficient (Wildman–Crippen LogP) is 6.56. The van der Waals surface area contributed by atoms with Gasteiger partial charge in [-0.3, -0.25) is 9.59 Å². The summed E-state index contributed by atoms with van der Waals surface area (Å²) in [6.45, 7) is 6.64. The number of nitrogens with one attached hydrogen (secondary N) is 1. The summed E-state index contributed by atoms with van der Waals surface area (Å²) in [4.78, 5) is 26.9. The van der Waals surface area contributed by atoms with E-state index < -0.39 is 5.92 Å². The van der Waals surface area contributed by atoms with Crippen molar-refractivity contribution in [3.63, 3.8) is 0 Å². The summed E-state index contributed by atoms with van der Waals surface area (Å²) in [5.41, 5.74) is 3.65. The van der Waals surface area contributed by atoms with Crippen LogP contribution in [-0.2, 0) is 9.59 Å². The number of nitrogens with zero attached hydrogens (tertiary/aromatic N) is 1. The monoisotopic (exact) mass is 462 g/mol. The van der Waals surface area contributed by atoms with Crippen LogP contribution in [0.4, 0.5) is 11.4 Å². The van der Waals surface area contributed by atoms with Crippen molar-refractivity contribution < 1.29 is 14.3 Å². The van der Waals surface area contributed by atoms with Gasteiger partial charge in [0.05, 0.1) is 5.92 Å². The highest BCUT2D eigenvalue weighted by Gasteiger charge is 2.35. The number of anilines is 2. The minimum atomic E-state index is -0.423. The number of aryl methyl sites for hydroxylation is 1. The summed E-state index contributed by atoms with van der Waals surface area (Å²) in [5.74, 6) is 1.20. The van der Waals surface area contributed by atoms with Crippen LogP contribution in [0.15, 0.2) is 66.7 Å². The van der Waals surface area contributed by atoms with E-state index >= 15 is 0 Å². The van der Waals surface area contributed by atoms with Gasteiger partial charge in [-0.15, -0.1) is 0 Å². The van der Waals surface area contributed by atoms with E-state index in [-0.39, 0.29) is 18.2 Å². The summed E-state index contributed by atoms with van der Waals surface area (Å²) in [6, 6.07) is 20.6. The van der Waals surface area contributed by atoms with Gasteiger partial charge in [-0.1, -0.05) is 43.6 Å². The van der Waals surface area contributed by atoms with Gasteiger partial charge in [0.25, 0.3) is 0 Å². The van der Waals surface area contributed by atoms with Crippen molar-refractivity contribution >= 4 is 34.8 Å². The maximum absolute atomic E-state index is 12.8. The van der Waals surface area contributed by atoms with Gasteiger partial charge >= 0.3 is 0 Å². The lowest BCUT2D eigenvalue weighted by Gasteiger charge is -2.17. The molecule has 1 aliphatic rings. The molecule has 0 unspecified atom stereocenters. The Balaban J connectivity index is 1.40. The average Bonchev–Trinajstić information content (AvgIpc) is 3.17. The molecule has 3 aromatic rings. The minimum Gasteiger partial charge on any atom is -0.457 e. The van der Waals surface area contributed by atoms with Gasteiger partial charge in [-0.05, 0) is 72.5 Å². The Morgan fingerprint density at radius 3 is 2.55 bits per heavy atom. The largest absolute Gasteiger partial charge is 0.457 e. The topological polar surface area (TPSA) is 58.6 Å². The molecule has 2 amide bonds. The van der Waals surface area contributed by atoms with E-state index in [1.54, 1.807) is 23.1 Å². The number of ether oxygens (including phenoxy) is 1. The van der Waals surface area contributed by atoms with Crippen molar-refractivity contribution in [2.45, 2.75) is 33.1 Å². The van der Waals surface area contributed by atoms with Crippen molar-refractivity contribution in [3.8, 4) is 11.5 Å². The quantitative estimate of drug-likeness (QED) is 0.451. The van der Waals surface area contributed by atoms with Crippen molar-refractivity contribution in [1.29, 1.82) is 0 Å². The highest BCUT2D eigenvalue weighted by molar-refractivity contribution is 6.31. The lowest BCUT2D eigenvalue weighted by molar-refractivity contribution is -0.122. The molecule has 0 aromatic heterocycles. The van der Waals surface area contributed by atoms with E-state index in [1.165, 1.54) is 0 Å². The van der Waals surface area contributed by atoms with Crippen LogP contribution in [0.2, 0.25) is 5.02 Å². The number of rotatable bonds is 6. The first-order chi connectivity index (χ1) is 15.8. The Morgan fingerprint density at radius 1 is 1.09 bits per heavy atom. The smallest absolute Gasteiger partial charge is 0.229 e. The molecular weight excluding hydrogens is 436 g/mol. The molecule has 0 radical (unpaired) electrons. The first-order valence-corrected chi connectivity index (χ1v) is 11.4. The van der Waals surface area contributed by atoms with Crippen LogP contribution in [-0.4, -0.2) is 18.4 Å². The normalized spacial score (nSPS) is 15.7. The second-order valence-electron chi connectivity index (χ2n) is 8.70. The van der Waals surface area contributed by atoms with Crippen molar-refractivity contribution in [2.24, 2.45) is 5.92 Å². The molecule has 1 saturated heterocycles. The first kappa shape index (κ1) is 22.9.